The van der Waals surface area contributed by atoms with Crippen LogP contribution in [0.4, 0.5) is 0 Å². The van der Waals surface area contributed by atoms with E-state index in [9.17, 15) is 4.79 Å². The minimum Gasteiger partial charge on any atom is -0.273 e. The minimum atomic E-state index is 0.0562. The number of para-hydroxylation sites is 1. The molecule has 31 heavy (non-hydrogen) atoms. The molecule has 0 N–H and O–H groups in total. The van der Waals surface area contributed by atoms with Gasteiger partial charge in [-0.3, -0.25) is 4.79 Å². The number of fused-ring (bicyclic) bond motifs is 1. The molecular weight excluding hydrogens is 382 g/mol. The number of allylic oxidation sites excluding steroid dienone is 2. The summed E-state index contributed by atoms with van der Waals surface area (Å²) in [6, 6.07) is 7.63. The Labute approximate surface area is 189 Å². The fourth-order valence-corrected chi connectivity index (χ4v) is 4.04. The monoisotopic (exact) mass is 425 g/mol. The highest BCUT2D eigenvalue weighted by Crippen LogP contribution is 2.14. The quantitative estimate of drug-likeness (QED) is 0.178. The Balaban J connectivity index is 1.35. The molecule has 0 aliphatic carbocycles. The minimum absolute atomic E-state index is 0.0562. The van der Waals surface area contributed by atoms with Crippen molar-refractivity contribution in [3.05, 3.63) is 36.4 Å². The van der Waals surface area contributed by atoms with Gasteiger partial charge in [0.2, 0.25) is 5.91 Å². The number of benzene rings is 1. The first kappa shape index (κ1) is 25.3. The standard InChI is InChI=1S/C27H43N3O/c1-2-3-4-5-6-7-8-9-10-11-12-13-14-15-16-17-18-19-24-27(31)30-26-23-21-20-22-25(26)28-29-30/h6-7,20-23H,2-5,8-19,24H2,1H3/b7-6+. The third-order valence-corrected chi connectivity index (χ3v) is 5.99. The fourth-order valence-electron chi connectivity index (χ4n) is 4.04. The van der Waals surface area contributed by atoms with Gasteiger partial charge in [0.25, 0.3) is 0 Å². The van der Waals surface area contributed by atoms with E-state index in [1.807, 2.05) is 24.3 Å². The summed E-state index contributed by atoms with van der Waals surface area (Å²) < 4.78 is 1.46. The van der Waals surface area contributed by atoms with Crippen molar-refractivity contribution in [2.24, 2.45) is 0 Å². The van der Waals surface area contributed by atoms with Gasteiger partial charge in [-0.05, 0) is 44.2 Å². The molecule has 0 aliphatic rings. The SMILES string of the molecule is CCCCC/C=C/CCCCCCCCCCCCCC(=O)n1nnc2ccccc21. The molecule has 0 amide bonds. The highest BCUT2D eigenvalue weighted by atomic mass is 16.2. The van der Waals surface area contributed by atoms with E-state index >= 15 is 0 Å². The molecule has 0 bridgehead atoms. The highest BCUT2D eigenvalue weighted by Gasteiger charge is 2.10. The summed E-state index contributed by atoms with van der Waals surface area (Å²) in [5.74, 6) is 0.0562. The van der Waals surface area contributed by atoms with Crippen LogP contribution in [0.1, 0.15) is 121 Å². The van der Waals surface area contributed by atoms with Gasteiger partial charge in [-0.2, -0.15) is 4.68 Å². The number of rotatable bonds is 18. The number of hydrogen-bond acceptors (Lipinski definition) is 3. The van der Waals surface area contributed by atoms with Crippen LogP contribution in [0.2, 0.25) is 0 Å². The van der Waals surface area contributed by atoms with Crippen molar-refractivity contribution in [3.8, 4) is 0 Å². The summed E-state index contributed by atoms with van der Waals surface area (Å²) in [5, 5.41) is 8.07. The predicted octanol–water partition coefficient (Wildman–Crippen LogP) is 8.28. The number of unbranched alkanes of at least 4 members (excludes halogenated alkanes) is 14. The lowest BCUT2D eigenvalue weighted by molar-refractivity contribution is 0.0886. The Morgan fingerprint density at radius 1 is 0.774 bits per heavy atom. The van der Waals surface area contributed by atoms with E-state index in [-0.39, 0.29) is 5.91 Å². The van der Waals surface area contributed by atoms with Crippen molar-refractivity contribution in [1.29, 1.82) is 0 Å². The van der Waals surface area contributed by atoms with Gasteiger partial charge in [0, 0.05) is 6.42 Å². The van der Waals surface area contributed by atoms with Gasteiger partial charge in [0.05, 0.1) is 5.52 Å². The number of carbonyl (C=O) groups is 1. The molecule has 2 rings (SSSR count). The van der Waals surface area contributed by atoms with Crippen molar-refractivity contribution in [2.75, 3.05) is 0 Å². The molecule has 172 valence electrons. The second-order valence-corrected chi connectivity index (χ2v) is 8.78. The predicted molar refractivity (Wildman–Crippen MR) is 131 cm³/mol. The zero-order valence-electron chi connectivity index (χ0n) is 19.7. The van der Waals surface area contributed by atoms with Crippen molar-refractivity contribution in [1.82, 2.24) is 15.0 Å². The molecule has 4 nitrogen and oxygen atoms in total. The molecule has 0 saturated carbocycles. The van der Waals surface area contributed by atoms with Crippen LogP contribution in [0.5, 0.6) is 0 Å². The van der Waals surface area contributed by atoms with Crippen LogP contribution in [-0.4, -0.2) is 20.9 Å². The van der Waals surface area contributed by atoms with E-state index in [1.54, 1.807) is 0 Å². The summed E-state index contributed by atoms with van der Waals surface area (Å²) in [4.78, 5) is 12.3. The van der Waals surface area contributed by atoms with Gasteiger partial charge in [-0.25, -0.2) is 0 Å². The average molecular weight is 426 g/mol. The molecule has 0 fully saturated rings. The van der Waals surface area contributed by atoms with Crippen molar-refractivity contribution in [3.63, 3.8) is 0 Å². The van der Waals surface area contributed by atoms with Gasteiger partial charge in [0.1, 0.15) is 5.52 Å². The summed E-state index contributed by atoms with van der Waals surface area (Å²) in [6.45, 7) is 2.26. The van der Waals surface area contributed by atoms with Crippen LogP contribution >= 0.6 is 0 Å². The molecule has 0 saturated heterocycles. The molecule has 0 aliphatic heterocycles. The van der Waals surface area contributed by atoms with Crippen LogP contribution in [0.3, 0.4) is 0 Å². The summed E-state index contributed by atoms with van der Waals surface area (Å²) in [7, 11) is 0. The largest absolute Gasteiger partial charge is 0.273 e. The number of aromatic nitrogens is 3. The van der Waals surface area contributed by atoms with Gasteiger partial charge in [0.15, 0.2) is 0 Å². The Bertz CT molecular complexity index is 750. The summed E-state index contributed by atoms with van der Waals surface area (Å²) in [5.41, 5.74) is 1.59. The van der Waals surface area contributed by atoms with Crippen molar-refractivity contribution in [2.45, 2.75) is 116 Å². The molecule has 4 heteroatoms. The summed E-state index contributed by atoms with van der Waals surface area (Å²) in [6.07, 6.45) is 26.1. The molecule has 1 heterocycles. The third kappa shape index (κ3) is 10.8. The fraction of sp³-hybridized carbons (Fsp3) is 0.667. The molecule has 0 spiro atoms. The van der Waals surface area contributed by atoms with Crippen molar-refractivity contribution < 1.29 is 4.79 Å². The first-order valence-electron chi connectivity index (χ1n) is 12.8. The molecule has 0 atom stereocenters. The molecule has 2 aromatic rings. The maximum Gasteiger partial charge on any atom is 0.248 e. The average Bonchev–Trinajstić information content (AvgIpc) is 3.22. The number of hydrogen-bond donors (Lipinski definition) is 0. The zero-order chi connectivity index (χ0) is 22.0. The highest BCUT2D eigenvalue weighted by molar-refractivity contribution is 5.88. The van der Waals surface area contributed by atoms with Crippen LogP contribution in [0.15, 0.2) is 36.4 Å². The zero-order valence-corrected chi connectivity index (χ0v) is 19.7. The Morgan fingerprint density at radius 2 is 1.32 bits per heavy atom. The molecule has 1 aromatic carbocycles. The van der Waals surface area contributed by atoms with E-state index in [2.05, 4.69) is 29.4 Å². The van der Waals surface area contributed by atoms with E-state index in [0.717, 1.165) is 23.9 Å². The Morgan fingerprint density at radius 3 is 1.97 bits per heavy atom. The lowest BCUT2D eigenvalue weighted by Crippen LogP contribution is -2.12. The van der Waals surface area contributed by atoms with Crippen LogP contribution in [-0.2, 0) is 0 Å². The van der Waals surface area contributed by atoms with Gasteiger partial charge < -0.3 is 0 Å². The maximum atomic E-state index is 12.3. The lowest BCUT2D eigenvalue weighted by Gasteiger charge is -2.03. The van der Waals surface area contributed by atoms with Gasteiger partial charge in [-0.1, -0.05) is 107 Å². The molecule has 1 aromatic heterocycles. The maximum absolute atomic E-state index is 12.3. The third-order valence-electron chi connectivity index (χ3n) is 5.99. The first-order chi connectivity index (χ1) is 15.3. The first-order valence-corrected chi connectivity index (χ1v) is 12.8. The Hall–Kier alpha value is -1.97. The molecular formula is C27H43N3O. The lowest BCUT2D eigenvalue weighted by atomic mass is 10.0. The molecule has 0 unspecified atom stereocenters. The van der Waals surface area contributed by atoms with Crippen LogP contribution in [0, 0.1) is 0 Å². The van der Waals surface area contributed by atoms with E-state index in [4.69, 9.17) is 0 Å². The Kier molecular flexibility index (Phi) is 13.6. The van der Waals surface area contributed by atoms with Gasteiger partial charge >= 0.3 is 0 Å². The molecule has 0 radical (unpaired) electrons. The van der Waals surface area contributed by atoms with E-state index in [1.165, 1.54) is 94.6 Å². The van der Waals surface area contributed by atoms with Crippen LogP contribution in [0.25, 0.3) is 11.0 Å². The topological polar surface area (TPSA) is 47.8 Å². The van der Waals surface area contributed by atoms with E-state index in [0.29, 0.717) is 6.42 Å². The van der Waals surface area contributed by atoms with Crippen molar-refractivity contribution >= 4 is 16.9 Å². The van der Waals surface area contributed by atoms with Gasteiger partial charge in [-0.15, -0.1) is 5.10 Å². The number of carbonyl (C=O) groups excluding carboxylic acids is 1. The summed E-state index contributed by atoms with van der Waals surface area (Å²) >= 11 is 0. The smallest absolute Gasteiger partial charge is 0.248 e. The second-order valence-electron chi connectivity index (χ2n) is 8.78. The van der Waals surface area contributed by atoms with Crippen LogP contribution < -0.4 is 0 Å². The number of nitrogens with zero attached hydrogens (tertiary/aromatic N) is 3. The normalized spacial score (nSPS) is 11.6. The van der Waals surface area contributed by atoms with E-state index < -0.39 is 0 Å². The second kappa shape index (κ2) is 16.7.